The summed E-state index contributed by atoms with van der Waals surface area (Å²) in [6.07, 6.45) is 3.63. The Morgan fingerprint density at radius 3 is 2.71 bits per heavy atom. The second kappa shape index (κ2) is 7.28. The number of rotatable bonds is 4. The zero-order chi connectivity index (χ0) is 19.7. The van der Waals surface area contributed by atoms with Crippen molar-refractivity contribution >= 4 is 17.2 Å². The standard InChI is InChI=1S/C22H26N4O2/c1-16(23-21(27)19-14-25-11-5-4-6-20(25)24-19)17-7-9-18(10-8-17)26-12-13-28-22(2,3)15-26/h4-11,14,16H,12-13,15H2,1-3H3,(H,23,27). The highest BCUT2D eigenvalue weighted by Gasteiger charge is 2.27. The Labute approximate surface area is 165 Å². The van der Waals surface area contributed by atoms with Gasteiger partial charge in [0.1, 0.15) is 11.3 Å². The molecule has 0 aliphatic carbocycles. The number of hydrogen-bond donors (Lipinski definition) is 1. The first-order valence-electron chi connectivity index (χ1n) is 9.65. The number of anilines is 1. The Bertz CT molecular complexity index is 945. The number of imidazole rings is 1. The summed E-state index contributed by atoms with van der Waals surface area (Å²) < 4.78 is 7.64. The molecule has 1 unspecified atom stereocenters. The molecule has 1 N–H and O–H groups in total. The maximum Gasteiger partial charge on any atom is 0.271 e. The van der Waals surface area contributed by atoms with Crippen LogP contribution < -0.4 is 10.2 Å². The smallest absolute Gasteiger partial charge is 0.271 e. The van der Waals surface area contributed by atoms with E-state index in [0.717, 1.165) is 30.9 Å². The van der Waals surface area contributed by atoms with Gasteiger partial charge in [-0.1, -0.05) is 18.2 Å². The van der Waals surface area contributed by atoms with Gasteiger partial charge in [0, 0.05) is 31.2 Å². The number of aromatic nitrogens is 2. The Morgan fingerprint density at radius 1 is 1.21 bits per heavy atom. The van der Waals surface area contributed by atoms with Crippen molar-refractivity contribution < 1.29 is 9.53 Å². The Balaban J connectivity index is 1.43. The largest absolute Gasteiger partial charge is 0.372 e. The summed E-state index contributed by atoms with van der Waals surface area (Å²) in [6.45, 7) is 8.71. The van der Waals surface area contributed by atoms with E-state index in [1.54, 1.807) is 6.20 Å². The number of benzene rings is 1. The summed E-state index contributed by atoms with van der Waals surface area (Å²) in [5.41, 5.74) is 3.29. The first-order chi connectivity index (χ1) is 13.4. The summed E-state index contributed by atoms with van der Waals surface area (Å²) in [7, 11) is 0. The molecule has 1 aliphatic heterocycles. The van der Waals surface area contributed by atoms with Crippen LogP contribution in [0.15, 0.2) is 54.9 Å². The molecule has 4 rings (SSSR count). The van der Waals surface area contributed by atoms with Crippen LogP contribution in [0.25, 0.3) is 5.65 Å². The van der Waals surface area contributed by atoms with E-state index in [1.807, 2.05) is 35.7 Å². The molecule has 0 saturated carbocycles. The van der Waals surface area contributed by atoms with E-state index in [-0.39, 0.29) is 17.6 Å². The number of nitrogens with zero attached hydrogens (tertiary/aromatic N) is 3. The lowest BCUT2D eigenvalue weighted by molar-refractivity contribution is -0.0276. The first-order valence-corrected chi connectivity index (χ1v) is 9.65. The Morgan fingerprint density at radius 2 is 2.00 bits per heavy atom. The maximum atomic E-state index is 12.6. The van der Waals surface area contributed by atoms with Crippen LogP contribution in [-0.4, -0.2) is 40.6 Å². The molecular weight excluding hydrogens is 352 g/mol. The number of hydrogen-bond acceptors (Lipinski definition) is 4. The van der Waals surface area contributed by atoms with Gasteiger partial charge >= 0.3 is 0 Å². The highest BCUT2D eigenvalue weighted by atomic mass is 16.5. The van der Waals surface area contributed by atoms with Crippen molar-refractivity contribution in [3.05, 3.63) is 66.1 Å². The Hall–Kier alpha value is -2.86. The van der Waals surface area contributed by atoms with Gasteiger partial charge in [-0.05, 0) is 50.6 Å². The average Bonchev–Trinajstić information content (AvgIpc) is 3.12. The summed E-state index contributed by atoms with van der Waals surface area (Å²) in [5.74, 6) is -0.171. The highest BCUT2D eigenvalue weighted by molar-refractivity contribution is 5.93. The molecule has 0 spiro atoms. The number of pyridine rings is 1. The number of ether oxygens (including phenoxy) is 1. The van der Waals surface area contributed by atoms with Crippen LogP contribution in [0.2, 0.25) is 0 Å². The predicted octanol–water partition coefficient (Wildman–Crippen LogP) is 3.44. The Kier molecular flexibility index (Phi) is 4.81. The summed E-state index contributed by atoms with van der Waals surface area (Å²) in [6, 6.07) is 14.0. The van der Waals surface area contributed by atoms with Crippen LogP contribution in [0.3, 0.4) is 0 Å². The minimum Gasteiger partial charge on any atom is -0.372 e. The zero-order valence-corrected chi connectivity index (χ0v) is 16.6. The van der Waals surface area contributed by atoms with Crippen LogP contribution >= 0.6 is 0 Å². The van der Waals surface area contributed by atoms with Crippen LogP contribution in [0, 0.1) is 0 Å². The number of amides is 1. The van der Waals surface area contributed by atoms with E-state index in [9.17, 15) is 4.79 Å². The fraction of sp³-hybridized carbons (Fsp3) is 0.364. The highest BCUT2D eigenvalue weighted by Crippen LogP contribution is 2.24. The monoisotopic (exact) mass is 378 g/mol. The van der Waals surface area contributed by atoms with E-state index >= 15 is 0 Å². The summed E-state index contributed by atoms with van der Waals surface area (Å²) in [5, 5.41) is 3.04. The van der Waals surface area contributed by atoms with Gasteiger partial charge in [0.2, 0.25) is 0 Å². The molecular formula is C22H26N4O2. The van der Waals surface area contributed by atoms with E-state index in [2.05, 4.69) is 53.3 Å². The van der Waals surface area contributed by atoms with Crippen molar-refractivity contribution in [2.24, 2.45) is 0 Å². The second-order valence-electron chi connectivity index (χ2n) is 7.91. The number of carbonyl (C=O) groups is 1. The minimum absolute atomic E-state index is 0.104. The average molecular weight is 378 g/mol. The van der Waals surface area contributed by atoms with Crippen molar-refractivity contribution in [3.8, 4) is 0 Å². The second-order valence-corrected chi connectivity index (χ2v) is 7.91. The van der Waals surface area contributed by atoms with Gasteiger partial charge in [-0.15, -0.1) is 0 Å². The molecule has 1 atom stereocenters. The van der Waals surface area contributed by atoms with Gasteiger partial charge in [0.25, 0.3) is 5.91 Å². The van der Waals surface area contributed by atoms with Crippen molar-refractivity contribution in [2.45, 2.75) is 32.4 Å². The third-order valence-electron chi connectivity index (χ3n) is 5.13. The van der Waals surface area contributed by atoms with Gasteiger partial charge in [-0.2, -0.15) is 0 Å². The molecule has 1 amide bonds. The van der Waals surface area contributed by atoms with Crippen LogP contribution in [0.4, 0.5) is 5.69 Å². The third kappa shape index (κ3) is 3.87. The normalized spacial score (nSPS) is 17.5. The number of fused-ring (bicyclic) bond motifs is 1. The maximum absolute atomic E-state index is 12.6. The fourth-order valence-electron chi connectivity index (χ4n) is 3.61. The van der Waals surface area contributed by atoms with E-state index in [1.165, 1.54) is 5.69 Å². The molecule has 146 valence electrons. The number of nitrogens with one attached hydrogen (secondary N) is 1. The zero-order valence-electron chi connectivity index (χ0n) is 16.6. The van der Waals surface area contributed by atoms with Crippen molar-refractivity contribution in [1.82, 2.24) is 14.7 Å². The van der Waals surface area contributed by atoms with Crippen molar-refractivity contribution in [1.29, 1.82) is 0 Å². The molecule has 1 aromatic carbocycles. The summed E-state index contributed by atoms with van der Waals surface area (Å²) in [4.78, 5) is 19.3. The van der Waals surface area contributed by atoms with Gasteiger partial charge in [-0.3, -0.25) is 4.79 Å². The number of carbonyl (C=O) groups excluding carboxylic acids is 1. The minimum atomic E-state index is -0.171. The van der Waals surface area contributed by atoms with Crippen LogP contribution in [-0.2, 0) is 4.74 Å². The van der Waals surface area contributed by atoms with Crippen LogP contribution in [0.5, 0.6) is 0 Å². The van der Waals surface area contributed by atoms with E-state index in [0.29, 0.717) is 5.69 Å². The van der Waals surface area contributed by atoms with Crippen molar-refractivity contribution in [3.63, 3.8) is 0 Å². The predicted molar refractivity (Wildman–Crippen MR) is 110 cm³/mol. The van der Waals surface area contributed by atoms with Gasteiger partial charge in [0.15, 0.2) is 0 Å². The molecule has 3 heterocycles. The van der Waals surface area contributed by atoms with Gasteiger partial charge in [0.05, 0.1) is 18.2 Å². The van der Waals surface area contributed by atoms with E-state index in [4.69, 9.17) is 4.74 Å². The first kappa shape index (κ1) is 18.5. The molecule has 0 radical (unpaired) electrons. The topological polar surface area (TPSA) is 58.9 Å². The molecule has 6 nitrogen and oxygen atoms in total. The lowest BCUT2D eigenvalue weighted by atomic mass is 10.0. The van der Waals surface area contributed by atoms with Crippen LogP contribution in [0.1, 0.15) is 42.9 Å². The molecule has 1 saturated heterocycles. The molecule has 0 bridgehead atoms. The van der Waals surface area contributed by atoms with Gasteiger partial charge in [-0.25, -0.2) is 4.98 Å². The molecule has 1 fully saturated rings. The molecule has 1 aliphatic rings. The van der Waals surface area contributed by atoms with E-state index < -0.39 is 0 Å². The molecule has 28 heavy (non-hydrogen) atoms. The SMILES string of the molecule is CC(NC(=O)c1cn2ccccc2n1)c1ccc(N2CCOC(C)(C)C2)cc1. The third-order valence-corrected chi connectivity index (χ3v) is 5.13. The molecule has 6 heteroatoms. The van der Waals surface area contributed by atoms with Gasteiger partial charge < -0.3 is 19.4 Å². The summed E-state index contributed by atoms with van der Waals surface area (Å²) >= 11 is 0. The number of morpholine rings is 1. The lowest BCUT2D eigenvalue weighted by Gasteiger charge is -2.39. The molecule has 3 aromatic rings. The van der Waals surface area contributed by atoms with Crippen molar-refractivity contribution in [2.75, 3.05) is 24.6 Å². The molecule has 2 aromatic heterocycles. The quantitative estimate of drug-likeness (QED) is 0.756. The lowest BCUT2D eigenvalue weighted by Crippen LogP contribution is -2.48. The fourth-order valence-corrected chi connectivity index (χ4v) is 3.61.